The molecule has 1 aromatic carbocycles. The smallest absolute Gasteiger partial charge is 0.240 e. The summed E-state index contributed by atoms with van der Waals surface area (Å²) in [5.74, 6) is -0.760. The first-order valence-corrected chi connectivity index (χ1v) is 7.00. The van der Waals surface area contributed by atoms with Crippen LogP contribution in [-0.4, -0.2) is 26.7 Å². The van der Waals surface area contributed by atoms with Crippen LogP contribution in [0, 0.1) is 11.7 Å². The molecule has 1 unspecified atom stereocenters. The molecule has 0 bridgehead atoms. The summed E-state index contributed by atoms with van der Waals surface area (Å²) in [6.45, 7) is 2.00. The van der Waals surface area contributed by atoms with Crippen molar-refractivity contribution in [2.75, 3.05) is 18.9 Å². The van der Waals surface area contributed by atoms with Crippen LogP contribution < -0.4 is 10.5 Å². The summed E-state index contributed by atoms with van der Waals surface area (Å²) in [5, 5.41) is 8.71. The molecule has 0 saturated carbocycles. The molecule has 0 amide bonds. The fourth-order valence-corrected chi connectivity index (χ4v) is 2.51. The van der Waals surface area contributed by atoms with Crippen LogP contribution in [0.2, 0.25) is 0 Å². The number of hydrogen-bond acceptors (Lipinski definition) is 4. The molecular weight excluding hydrogens is 259 g/mol. The van der Waals surface area contributed by atoms with E-state index in [0.717, 1.165) is 6.07 Å². The topological polar surface area (TPSA) is 92.4 Å². The maximum absolute atomic E-state index is 13.2. The van der Waals surface area contributed by atoms with Crippen molar-refractivity contribution < 1.29 is 17.9 Å². The minimum Gasteiger partial charge on any atom is -0.396 e. The molecule has 7 heteroatoms. The van der Waals surface area contributed by atoms with Gasteiger partial charge in [-0.1, -0.05) is 6.92 Å². The van der Waals surface area contributed by atoms with E-state index < -0.39 is 15.8 Å². The summed E-state index contributed by atoms with van der Waals surface area (Å²) in [4.78, 5) is -0.162. The fraction of sp³-hybridized carbons (Fsp3) is 0.455. The Bertz CT molecular complexity index is 505. The van der Waals surface area contributed by atoms with Crippen molar-refractivity contribution in [1.82, 2.24) is 4.72 Å². The number of nitrogens with two attached hydrogens (primary N) is 1. The molecule has 0 spiro atoms. The van der Waals surface area contributed by atoms with Crippen molar-refractivity contribution in [1.29, 1.82) is 0 Å². The Morgan fingerprint density at radius 1 is 1.50 bits per heavy atom. The quantitative estimate of drug-likeness (QED) is 0.667. The number of aliphatic hydroxyl groups excluding tert-OH is 1. The molecule has 0 aliphatic heterocycles. The van der Waals surface area contributed by atoms with E-state index in [-0.39, 0.29) is 29.7 Å². The van der Waals surface area contributed by atoms with Gasteiger partial charge in [-0.3, -0.25) is 0 Å². The summed E-state index contributed by atoms with van der Waals surface area (Å²) in [7, 11) is -3.74. The Kier molecular flexibility index (Phi) is 5.06. The molecule has 0 aromatic heterocycles. The lowest BCUT2D eigenvalue weighted by molar-refractivity contribution is 0.263. The summed E-state index contributed by atoms with van der Waals surface area (Å²) >= 11 is 0. The lowest BCUT2D eigenvalue weighted by Crippen LogP contribution is -2.28. The standard InChI is InChI=1S/C11H17FN2O3S/c1-8(4-5-15)7-14-18(16,17)9-2-3-11(13)10(12)6-9/h2-3,6,8,14-15H,4-5,7,13H2,1H3. The van der Waals surface area contributed by atoms with Crippen molar-refractivity contribution in [3.05, 3.63) is 24.0 Å². The maximum atomic E-state index is 13.2. The molecule has 0 aliphatic carbocycles. The molecule has 5 nitrogen and oxygen atoms in total. The molecule has 1 atom stereocenters. The van der Waals surface area contributed by atoms with Gasteiger partial charge in [0.1, 0.15) is 5.82 Å². The lowest BCUT2D eigenvalue weighted by atomic mass is 10.1. The summed E-state index contributed by atoms with van der Waals surface area (Å²) < 4.78 is 39.2. The van der Waals surface area contributed by atoms with Gasteiger partial charge < -0.3 is 10.8 Å². The van der Waals surface area contributed by atoms with Crippen molar-refractivity contribution in [2.24, 2.45) is 5.92 Å². The van der Waals surface area contributed by atoms with Crippen molar-refractivity contribution in [3.63, 3.8) is 0 Å². The van der Waals surface area contributed by atoms with Gasteiger partial charge in [0.15, 0.2) is 0 Å². The number of halogens is 1. The molecule has 0 aliphatic rings. The Morgan fingerprint density at radius 2 is 2.17 bits per heavy atom. The van der Waals surface area contributed by atoms with Crippen LogP contribution in [0.4, 0.5) is 10.1 Å². The first-order chi connectivity index (χ1) is 8.36. The van der Waals surface area contributed by atoms with Crippen LogP contribution >= 0.6 is 0 Å². The van der Waals surface area contributed by atoms with Gasteiger partial charge in [0.05, 0.1) is 10.6 Å². The third kappa shape index (κ3) is 3.94. The SMILES string of the molecule is CC(CCO)CNS(=O)(=O)c1ccc(N)c(F)c1. The Balaban J connectivity index is 2.77. The molecule has 0 fully saturated rings. The fourth-order valence-electron chi connectivity index (χ4n) is 1.33. The van der Waals surface area contributed by atoms with Gasteiger partial charge in [0, 0.05) is 13.2 Å². The molecule has 0 radical (unpaired) electrons. The van der Waals surface area contributed by atoms with E-state index in [1.807, 2.05) is 6.92 Å². The van der Waals surface area contributed by atoms with E-state index in [1.165, 1.54) is 12.1 Å². The Hall–Kier alpha value is -1.18. The van der Waals surface area contributed by atoms with Crippen LogP contribution in [-0.2, 0) is 10.0 Å². The molecule has 0 heterocycles. The number of nitrogen functional groups attached to an aromatic ring is 1. The molecule has 0 saturated heterocycles. The predicted octanol–water partition coefficient (Wildman–Crippen LogP) is 0.705. The number of hydrogen-bond donors (Lipinski definition) is 3. The Labute approximate surface area is 106 Å². The summed E-state index contributed by atoms with van der Waals surface area (Å²) in [5.41, 5.74) is 5.18. The number of anilines is 1. The number of benzene rings is 1. The highest BCUT2D eigenvalue weighted by atomic mass is 32.2. The third-order valence-electron chi connectivity index (χ3n) is 2.53. The average Bonchev–Trinajstić information content (AvgIpc) is 2.30. The predicted molar refractivity (Wildman–Crippen MR) is 66.9 cm³/mol. The van der Waals surface area contributed by atoms with Crippen LogP contribution in [0.1, 0.15) is 13.3 Å². The molecule has 4 N–H and O–H groups in total. The van der Waals surface area contributed by atoms with Crippen LogP contribution in [0.25, 0.3) is 0 Å². The Morgan fingerprint density at radius 3 is 2.72 bits per heavy atom. The van der Waals surface area contributed by atoms with Gasteiger partial charge in [-0.05, 0) is 30.5 Å². The van der Waals surface area contributed by atoms with Gasteiger partial charge in [-0.25, -0.2) is 17.5 Å². The minimum absolute atomic E-state index is 0.000602. The van der Waals surface area contributed by atoms with Crippen molar-refractivity contribution in [3.8, 4) is 0 Å². The highest BCUT2D eigenvalue weighted by Crippen LogP contribution is 2.16. The number of sulfonamides is 1. The first-order valence-electron chi connectivity index (χ1n) is 5.52. The normalized spacial score (nSPS) is 13.5. The summed E-state index contributed by atoms with van der Waals surface area (Å²) in [6, 6.07) is 3.34. The second-order valence-corrected chi connectivity index (χ2v) is 5.92. The maximum Gasteiger partial charge on any atom is 0.240 e. The van der Waals surface area contributed by atoms with E-state index >= 15 is 0 Å². The average molecular weight is 276 g/mol. The number of rotatable bonds is 6. The van der Waals surface area contributed by atoms with Gasteiger partial charge >= 0.3 is 0 Å². The third-order valence-corrected chi connectivity index (χ3v) is 3.95. The van der Waals surface area contributed by atoms with Gasteiger partial charge in [0.25, 0.3) is 0 Å². The highest BCUT2D eigenvalue weighted by Gasteiger charge is 2.16. The van der Waals surface area contributed by atoms with Crippen LogP contribution in [0.15, 0.2) is 23.1 Å². The van der Waals surface area contributed by atoms with Crippen molar-refractivity contribution >= 4 is 15.7 Å². The van der Waals surface area contributed by atoms with E-state index in [0.29, 0.717) is 6.42 Å². The monoisotopic (exact) mass is 276 g/mol. The van der Waals surface area contributed by atoms with Crippen LogP contribution in [0.5, 0.6) is 0 Å². The number of nitrogens with one attached hydrogen (secondary N) is 1. The second kappa shape index (κ2) is 6.12. The molecular formula is C11H17FN2O3S. The van der Waals surface area contributed by atoms with Gasteiger partial charge in [-0.2, -0.15) is 0 Å². The second-order valence-electron chi connectivity index (χ2n) is 4.15. The zero-order valence-electron chi connectivity index (χ0n) is 10.1. The van der Waals surface area contributed by atoms with Gasteiger partial charge in [-0.15, -0.1) is 0 Å². The molecule has 1 aromatic rings. The van der Waals surface area contributed by atoms with Crippen LogP contribution in [0.3, 0.4) is 0 Å². The summed E-state index contributed by atoms with van der Waals surface area (Å²) in [6.07, 6.45) is 0.499. The van der Waals surface area contributed by atoms with E-state index in [9.17, 15) is 12.8 Å². The van der Waals surface area contributed by atoms with E-state index in [2.05, 4.69) is 4.72 Å². The zero-order valence-corrected chi connectivity index (χ0v) is 10.9. The molecule has 102 valence electrons. The van der Waals surface area contributed by atoms with Crippen molar-refractivity contribution in [2.45, 2.75) is 18.2 Å². The lowest BCUT2D eigenvalue weighted by Gasteiger charge is -2.12. The van der Waals surface area contributed by atoms with Gasteiger partial charge in [0.2, 0.25) is 10.0 Å². The zero-order chi connectivity index (χ0) is 13.8. The highest BCUT2D eigenvalue weighted by molar-refractivity contribution is 7.89. The minimum atomic E-state index is -3.74. The number of aliphatic hydroxyl groups is 1. The largest absolute Gasteiger partial charge is 0.396 e. The van der Waals surface area contributed by atoms with E-state index in [1.54, 1.807) is 0 Å². The molecule has 1 rings (SSSR count). The molecule has 18 heavy (non-hydrogen) atoms. The first kappa shape index (κ1) is 14.9. The van der Waals surface area contributed by atoms with E-state index in [4.69, 9.17) is 10.8 Å².